The number of carbonyl (C=O) groups excluding carboxylic acids is 5. The highest BCUT2D eigenvalue weighted by atomic mass is 16.6. The Bertz CT molecular complexity index is 1710. The fourth-order valence-corrected chi connectivity index (χ4v) is 9.55. The van der Waals surface area contributed by atoms with Crippen molar-refractivity contribution in [1.82, 2.24) is 30.2 Å². The summed E-state index contributed by atoms with van der Waals surface area (Å²) in [6.07, 6.45) is 10.9. The molecule has 1 unspecified atom stereocenters. The summed E-state index contributed by atoms with van der Waals surface area (Å²) >= 11 is 0. The summed E-state index contributed by atoms with van der Waals surface area (Å²) in [7, 11) is 0. The molecular weight excluding hydrogens is 662 g/mol. The van der Waals surface area contributed by atoms with Crippen LogP contribution in [0.15, 0.2) is 24.3 Å². The monoisotopic (exact) mass is 713 g/mol. The average molecular weight is 714 g/mol. The molecule has 0 radical (unpaired) electrons. The number of aromatic nitrogens is 2. The van der Waals surface area contributed by atoms with Crippen molar-refractivity contribution in [3.05, 3.63) is 46.6 Å². The van der Waals surface area contributed by atoms with E-state index in [1.165, 1.54) is 5.56 Å². The molecule has 0 bridgehead atoms. The molecule has 0 spiro atoms. The summed E-state index contributed by atoms with van der Waals surface area (Å²) in [5.74, 6) is 0.856. The summed E-state index contributed by atoms with van der Waals surface area (Å²) in [6, 6.07) is 8.34. The van der Waals surface area contributed by atoms with Gasteiger partial charge in [0.05, 0.1) is 0 Å². The number of ether oxygens (including phenoxy) is 1. The van der Waals surface area contributed by atoms with Crippen LogP contribution in [-0.2, 0) is 25.7 Å². The van der Waals surface area contributed by atoms with Crippen LogP contribution in [-0.4, -0.2) is 98.5 Å². The number of fused-ring (bicyclic) bond motifs is 1. The molecule has 13 nitrogen and oxygen atoms in total. The van der Waals surface area contributed by atoms with Crippen LogP contribution in [0, 0.1) is 5.92 Å². The third kappa shape index (κ3) is 7.20. The third-order valence-electron chi connectivity index (χ3n) is 12.9. The van der Waals surface area contributed by atoms with E-state index in [0.717, 1.165) is 95.1 Å². The number of nitrogens with one attached hydrogen (secondary N) is 3. The molecule has 5 fully saturated rings. The van der Waals surface area contributed by atoms with Gasteiger partial charge in [0.2, 0.25) is 17.7 Å². The van der Waals surface area contributed by atoms with Gasteiger partial charge in [-0.05, 0) is 120 Å². The number of rotatable bonds is 8. The highest BCUT2D eigenvalue weighted by Gasteiger charge is 2.40. The van der Waals surface area contributed by atoms with Crippen molar-refractivity contribution >= 4 is 35.5 Å². The predicted molar refractivity (Wildman–Crippen MR) is 191 cm³/mol. The van der Waals surface area contributed by atoms with Gasteiger partial charge in [-0.25, -0.2) is 4.79 Å². The second-order valence-electron chi connectivity index (χ2n) is 16.1. The van der Waals surface area contributed by atoms with E-state index >= 15 is 0 Å². The molecule has 1 aromatic carbocycles. The maximum absolute atomic E-state index is 13.1. The van der Waals surface area contributed by atoms with Crippen LogP contribution < -0.4 is 10.6 Å². The summed E-state index contributed by atoms with van der Waals surface area (Å²) < 4.78 is 5.76. The summed E-state index contributed by atoms with van der Waals surface area (Å²) in [5.41, 5.74) is 3.89. The molecular formula is C39H51N7O6. The minimum absolute atomic E-state index is 0.0143. The molecule has 13 heteroatoms. The van der Waals surface area contributed by atoms with Crippen molar-refractivity contribution in [3.8, 4) is 0 Å². The third-order valence-corrected chi connectivity index (χ3v) is 12.9. The summed E-state index contributed by atoms with van der Waals surface area (Å²) in [6.45, 7) is 5.33. The zero-order chi connectivity index (χ0) is 35.9. The minimum atomic E-state index is -0.589. The number of amides is 5. The van der Waals surface area contributed by atoms with Gasteiger partial charge in [-0.1, -0.05) is 12.1 Å². The Morgan fingerprint density at radius 1 is 0.923 bits per heavy atom. The van der Waals surface area contributed by atoms with Crippen molar-refractivity contribution in [2.24, 2.45) is 5.92 Å². The topological polar surface area (TPSA) is 157 Å². The predicted octanol–water partition coefficient (Wildman–Crippen LogP) is 4.80. The van der Waals surface area contributed by atoms with Gasteiger partial charge in [-0.2, -0.15) is 5.10 Å². The zero-order valence-electron chi connectivity index (χ0n) is 30.1. The smallest absolute Gasteiger partial charge is 0.410 e. The molecule has 8 rings (SSSR count). The van der Waals surface area contributed by atoms with Crippen LogP contribution in [0.2, 0.25) is 0 Å². The molecule has 4 aliphatic heterocycles. The Kier molecular flexibility index (Phi) is 9.80. The van der Waals surface area contributed by atoms with Crippen molar-refractivity contribution in [2.45, 2.75) is 133 Å². The molecule has 278 valence electrons. The molecule has 3 saturated heterocycles. The summed E-state index contributed by atoms with van der Waals surface area (Å²) in [5, 5.41) is 12.9. The van der Waals surface area contributed by atoms with E-state index in [1.54, 1.807) is 9.80 Å². The Morgan fingerprint density at radius 3 is 2.46 bits per heavy atom. The van der Waals surface area contributed by atoms with Gasteiger partial charge < -0.3 is 24.8 Å². The molecule has 2 aromatic rings. The van der Waals surface area contributed by atoms with Crippen molar-refractivity contribution in [3.63, 3.8) is 0 Å². The highest BCUT2D eigenvalue weighted by molar-refractivity contribution is 6.05. The Hall–Kier alpha value is -4.26. The SMILES string of the molecule is C[C@H]1CCN1C(=O)O[C@@H]1CC[C@H](c2cc(NC(=O)CC3CCC(N4CCC(c5ccc6c(c5)CN(C5CCC(=O)NC5=O)C6=O)CC4)CC3)n[nH]2)C1. The zero-order valence-corrected chi connectivity index (χ0v) is 30.1. The lowest BCUT2D eigenvalue weighted by Crippen LogP contribution is -2.52. The number of piperidine rings is 2. The van der Waals surface area contributed by atoms with Gasteiger partial charge in [-0.15, -0.1) is 0 Å². The first-order chi connectivity index (χ1) is 25.2. The van der Waals surface area contributed by atoms with Crippen molar-refractivity contribution in [1.29, 1.82) is 0 Å². The van der Waals surface area contributed by atoms with Crippen LogP contribution >= 0.6 is 0 Å². The van der Waals surface area contributed by atoms with Crippen LogP contribution in [0.25, 0.3) is 0 Å². The normalized spacial score (nSPS) is 29.8. The standard InChI is InChI=1S/C39H51N7O6/c1-23-12-17-45(23)39(51)52-30-8-4-27(20-30)32-21-34(43-42-32)40-36(48)18-24-2-6-29(7-3-24)44-15-13-25(14-16-44)26-5-9-31-28(19-26)22-46(38(31)50)33-10-11-35(47)41-37(33)49/h5,9,19,21,23-25,27,29-30,33H,2-4,6-8,10-18,20,22H2,1H3,(H,41,47,49)(H2,40,42,43,48)/t23-,24?,27-,29?,30+,33?/m0/s1. The number of H-pyrrole nitrogens is 1. The number of anilines is 1. The van der Waals surface area contributed by atoms with Gasteiger partial charge in [0, 0.05) is 61.3 Å². The highest BCUT2D eigenvalue weighted by Crippen LogP contribution is 2.38. The first kappa shape index (κ1) is 34.8. The van der Waals surface area contributed by atoms with Gasteiger partial charge in [0.25, 0.3) is 5.91 Å². The average Bonchev–Trinajstić information content (AvgIpc) is 3.87. The van der Waals surface area contributed by atoms with Crippen LogP contribution in [0.1, 0.15) is 129 Å². The molecule has 3 N–H and O–H groups in total. The van der Waals surface area contributed by atoms with E-state index in [0.29, 0.717) is 48.6 Å². The molecule has 1 aromatic heterocycles. The Balaban J connectivity index is 0.751. The number of hydrogen-bond acceptors (Lipinski definition) is 8. The molecule has 6 aliphatic rings. The van der Waals surface area contributed by atoms with E-state index in [4.69, 9.17) is 4.74 Å². The lowest BCUT2D eigenvalue weighted by molar-refractivity contribution is -0.137. The Morgan fingerprint density at radius 2 is 1.73 bits per heavy atom. The summed E-state index contributed by atoms with van der Waals surface area (Å²) in [4.78, 5) is 68.6. The molecule has 5 heterocycles. The van der Waals surface area contributed by atoms with E-state index < -0.39 is 6.04 Å². The second kappa shape index (κ2) is 14.6. The number of hydrogen-bond donors (Lipinski definition) is 3. The van der Waals surface area contributed by atoms with Gasteiger partial charge in [0.15, 0.2) is 5.82 Å². The van der Waals surface area contributed by atoms with E-state index in [9.17, 15) is 24.0 Å². The molecule has 4 atom stereocenters. The number of nitrogens with zero attached hydrogens (tertiary/aromatic N) is 4. The first-order valence-corrected chi connectivity index (χ1v) is 19.5. The molecule has 2 aliphatic carbocycles. The lowest BCUT2D eigenvalue weighted by Gasteiger charge is -2.41. The van der Waals surface area contributed by atoms with Crippen molar-refractivity contribution in [2.75, 3.05) is 25.0 Å². The number of benzene rings is 1. The van der Waals surface area contributed by atoms with Crippen LogP contribution in [0.4, 0.5) is 10.6 Å². The van der Waals surface area contributed by atoms with Crippen molar-refractivity contribution < 1.29 is 28.7 Å². The van der Waals surface area contributed by atoms with Crippen LogP contribution in [0.5, 0.6) is 0 Å². The maximum Gasteiger partial charge on any atom is 0.410 e. The van der Waals surface area contributed by atoms with E-state index in [1.807, 2.05) is 19.1 Å². The first-order valence-electron chi connectivity index (χ1n) is 19.5. The molecule has 2 saturated carbocycles. The second-order valence-corrected chi connectivity index (χ2v) is 16.1. The van der Waals surface area contributed by atoms with Gasteiger partial charge >= 0.3 is 6.09 Å². The maximum atomic E-state index is 13.1. The molecule has 5 amide bonds. The van der Waals surface area contributed by atoms with Crippen LogP contribution in [0.3, 0.4) is 0 Å². The molecule has 52 heavy (non-hydrogen) atoms. The van der Waals surface area contributed by atoms with Gasteiger partial charge in [0.1, 0.15) is 12.1 Å². The Labute approximate surface area is 304 Å². The fourth-order valence-electron chi connectivity index (χ4n) is 9.55. The van der Waals surface area contributed by atoms with Gasteiger partial charge in [-0.3, -0.25) is 29.6 Å². The number of carbonyl (C=O) groups is 5. The minimum Gasteiger partial charge on any atom is -0.446 e. The van der Waals surface area contributed by atoms with E-state index in [-0.39, 0.29) is 54.2 Å². The quantitative estimate of drug-likeness (QED) is 0.330. The fraction of sp³-hybridized carbons (Fsp3) is 0.641. The lowest BCUT2D eigenvalue weighted by atomic mass is 9.81. The van der Waals surface area contributed by atoms with E-state index in [2.05, 4.69) is 37.9 Å². The number of likely N-dealkylation sites (tertiary alicyclic amines) is 2. The number of aromatic amines is 1. The number of imide groups is 1. The largest absolute Gasteiger partial charge is 0.446 e.